The standard InChI is InChI=1S/C8H11NO3.C7H9NO3/c1-3-11-4-5-12-8(10)7(2)6-9;1-6(5-8)7(9)11-4-3-10-2/h2-5H2,1H3;1,3-4H2,2H3. The first kappa shape index (κ1) is 22.6. The average molecular weight is 324 g/mol. The van der Waals surface area contributed by atoms with E-state index in [4.69, 9.17) is 15.3 Å². The minimum Gasteiger partial charge on any atom is -0.459 e. The molecular formula is C15H20N2O6. The molecule has 0 aliphatic heterocycles. The van der Waals surface area contributed by atoms with Crippen LogP contribution in [0, 0.1) is 22.7 Å². The summed E-state index contributed by atoms with van der Waals surface area (Å²) in [6.07, 6.45) is 0. The molecule has 0 N–H and O–H groups in total. The molecule has 0 aromatic carbocycles. The molecule has 0 atom stereocenters. The predicted octanol–water partition coefficient (Wildman–Crippen LogP) is 0.902. The van der Waals surface area contributed by atoms with Crippen molar-refractivity contribution >= 4 is 11.9 Å². The molecule has 0 unspecified atom stereocenters. The van der Waals surface area contributed by atoms with Crippen LogP contribution in [0.2, 0.25) is 0 Å². The van der Waals surface area contributed by atoms with Crippen LogP contribution in [0.15, 0.2) is 24.3 Å². The molecule has 0 rings (SSSR count). The molecule has 0 amide bonds. The molecule has 0 heterocycles. The lowest BCUT2D eigenvalue weighted by atomic mass is 10.3. The van der Waals surface area contributed by atoms with Crippen molar-refractivity contribution in [1.29, 1.82) is 10.5 Å². The van der Waals surface area contributed by atoms with Gasteiger partial charge in [0.25, 0.3) is 0 Å². The van der Waals surface area contributed by atoms with Gasteiger partial charge in [-0.3, -0.25) is 0 Å². The van der Waals surface area contributed by atoms with Crippen LogP contribution in [0.5, 0.6) is 0 Å². The van der Waals surface area contributed by atoms with E-state index in [1.165, 1.54) is 7.11 Å². The van der Waals surface area contributed by atoms with E-state index in [9.17, 15) is 9.59 Å². The van der Waals surface area contributed by atoms with E-state index in [0.717, 1.165) is 0 Å². The molecule has 0 aliphatic rings. The fraction of sp³-hybridized carbons (Fsp3) is 0.467. The van der Waals surface area contributed by atoms with Crippen LogP contribution in [-0.4, -0.2) is 52.1 Å². The Bertz CT molecular complexity index is 487. The Hall–Kier alpha value is -2.68. The molecule has 8 nitrogen and oxygen atoms in total. The van der Waals surface area contributed by atoms with Crippen LogP contribution in [0.4, 0.5) is 0 Å². The summed E-state index contributed by atoms with van der Waals surface area (Å²) in [5, 5.41) is 16.4. The first-order valence-corrected chi connectivity index (χ1v) is 6.53. The molecule has 0 fully saturated rings. The largest absolute Gasteiger partial charge is 0.459 e. The SMILES string of the molecule is C=C(C#N)C(=O)OCCOC.C=C(C#N)C(=O)OCCOCC. The highest BCUT2D eigenvalue weighted by Crippen LogP contribution is 1.92. The zero-order chi connectivity index (χ0) is 18.1. The monoisotopic (exact) mass is 324 g/mol. The normalized spacial score (nSPS) is 8.52. The second-order valence-electron chi connectivity index (χ2n) is 3.64. The molecule has 0 spiro atoms. The van der Waals surface area contributed by atoms with Crippen molar-refractivity contribution in [3.05, 3.63) is 24.3 Å². The van der Waals surface area contributed by atoms with Gasteiger partial charge in [0.15, 0.2) is 0 Å². The number of carbonyl (C=O) groups excluding carboxylic acids is 2. The first-order valence-electron chi connectivity index (χ1n) is 6.53. The minimum absolute atomic E-state index is 0.149. The summed E-state index contributed by atoms with van der Waals surface area (Å²) in [4.78, 5) is 21.4. The molecule has 8 heteroatoms. The Morgan fingerprint density at radius 3 is 1.70 bits per heavy atom. The number of ether oxygens (including phenoxy) is 4. The van der Waals surface area contributed by atoms with Gasteiger partial charge in [-0.2, -0.15) is 10.5 Å². The van der Waals surface area contributed by atoms with Crippen LogP contribution in [0.25, 0.3) is 0 Å². The third-order valence-corrected chi connectivity index (χ3v) is 1.95. The van der Waals surface area contributed by atoms with E-state index in [0.29, 0.717) is 19.8 Å². The molecule has 0 saturated carbocycles. The van der Waals surface area contributed by atoms with E-state index in [1.54, 1.807) is 12.1 Å². The van der Waals surface area contributed by atoms with E-state index >= 15 is 0 Å². The highest BCUT2D eigenvalue weighted by molar-refractivity contribution is 5.92. The number of nitrogens with zero attached hydrogens (tertiary/aromatic N) is 2. The number of hydrogen-bond donors (Lipinski definition) is 0. The lowest BCUT2D eigenvalue weighted by Gasteiger charge is -2.02. The molecule has 126 valence electrons. The van der Waals surface area contributed by atoms with Crippen molar-refractivity contribution in [2.75, 3.05) is 40.1 Å². The fourth-order valence-corrected chi connectivity index (χ4v) is 0.821. The van der Waals surface area contributed by atoms with Crippen LogP contribution >= 0.6 is 0 Å². The first-order chi connectivity index (χ1) is 10.9. The third kappa shape index (κ3) is 14.0. The number of esters is 2. The maximum atomic E-state index is 10.7. The van der Waals surface area contributed by atoms with Crippen LogP contribution in [0.1, 0.15) is 6.92 Å². The average Bonchev–Trinajstić information content (AvgIpc) is 2.57. The molecule has 0 aliphatic carbocycles. The van der Waals surface area contributed by atoms with Gasteiger partial charge in [-0.15, -0.1) is 0 Å². The summed E-state index contributed by atoms with van der Waals surface area (Å²) in [5.74, 6) is -1.37. The lowest BCUT2D eigenvalue weighted by Crippen LogP contribution is -2.11. The topological polar surface area (TPSA) is 119 Å². The Balaban J connectivity index is 0. The maximum Gasteiger partial charge on any atom is 0.348 e. The van der Waals surface area contributed by atoms with Gasteiger partial charge in [0.05, 0.1) is 13.2 Å². The number of methoxy groups -OCH3 is 1. The van der Waals surface area contributed by atoms with Crippen LogP contribution in [-0.2, 0) is 28.5 Å². The third-order valence-electron chi connectivity index (χ3n) is 1.95. The van der Waals surface area contributed by atoms with Crippen molar-refractivity contribution in [3.8, 4) is 12.1 Å². The van der Waals surface area contributed by atoms with Gasteiger partial charge in [-0.05, 0) is 6.92 Å². The number of carbonyl (C=O) groups is 2. The summed E-state index contributed by atoms with van der Waals surface area (Å²) in [7, 11) is 1.49. The number of rotatable bonds is 9. The zero-order valence-corrected chi connectivity index (χ0v) is 13.3. The maximum absolute atomic E-state index is 10.7. The van der Waals surface area contributed by atoms with Gasteiger partial charge in [0.1, 0.15) is 36.5 Å². The van der Waals surface area contributed by atoms with Gasteiger partial charge < -0.3 is 18.9 Å². The molecule has 0 aromatic heterocycles. The number of nitriles is 2. The van der Waals surface area contributed by atoms with Crippen LogP contribution in [0.3, 0.4) is 0 Å². The summed E-state index contributed by atoms with van der Waals surface area (Å²) >= 11 is 0. The highest BCUT2D eigenvalue weighted by atomic mass is 16.6. The van der Waals surface area contributed by atoms with Gasteiger partial charge in [-0.25, -0.2) is 9.59 Å². The second kappa shape index (κ2) is 15.7. The molecule has 0 radical (unpaired) electrons. The smallest absolute Gasteiger partial charge is 0.348 e. The van der Waals surface area contributed by atoms with Crippen molar-refractivity contribution in [2.45, 2.75) is 6.92 Å². The Kier molecular flexibility index (Phi) is 15.4. The van der Waals surface area contributed by atoms with Crippen molar-refractivity contribution in [2.24, 2.45) is 0 Å². The molecule has 0 bridgehead atoms. The van der Waals surface area contributed by atoms with Crippen molar-refractivity contribution in [3.63, 3.8) is 0 Å². The summed E-state index contributed by atoms with van der Waals surface area (Å²) in [5.41, 5.74) is -0.382. The van der Waals surface area contributed by atoms with Gasteiger partial charge in [0.2, 0.25) is 0 Å². The second-order valence-corrected chi connectivity index (χ2v) is 3.64. The zero-order valence-electron chi connectivity index (χ0n) is 13.3. The van der Waals surface area contributed by atoms with E-state index in [-0.39, 0.29) is 24.4 Å². The van der Waals surface area contributed by atoms with Gasteiger partial charge in [-0.1, -0.05) is 13.2 Å². The van der Waals surface area contributed by atoms with E-state index in [1.807, 2.05) is 6.92 Å². The Morgan fingerprint density at radius 1 is 0.913 bits per heavy atom. The molecule has 23 heavy (non-hydrogen) atoms. The number of hydrogen-bond acceptors (Lipinski definition) is 8. The predicted molar refractivity (Wildman–Crippen MR) is 79.8 cm³/mol. The minimum atomic E-state index is -0.690. The van der Waals surface area contributed by atoms with Gasteiger partial charge in [0, 0.05) is 13.7 Å². The van der Waals surface area contributed by atoms with Crippen molar-refractivity contribution < 1.29 is 28.5 Å². The lowest BCUT2D eigenvalue weighted by molar-refractivity contribution is -0.140. The van der Waals surface area contributed by atoms with E-state index in [2.05, 4.69) is 27.4 Å². The Morgan fingerprint density at radius 2 is 1.35 bits per heavy atom. The van der Waals surface area contributed by atoms with Crippen molar-refractivity contribution in [1.82, 2.24) is 0 Å². The molecule has 0 saturated heterocycles. The molecular weight excluding hydrogens is 304 g/mol. The van der Waals surface area contributed by atoms with E-state index < -0.39 is 11.9 Å². The fourth-order valence-electron chi connectivity index (χ4n) is 0.821. The summed E-state index contributed by atoms with van der Waals surface area (Å²) < 4.78 is 18.7. The quantitative estimate of drug-likeness (QED) is 0.266. The van der Waals surface area contributed by atoms with Crippen LogP contribution < -0.4 is 0 Å². The Labute approximate surface area is 135 Å². The summed E-state index contributed by atoms with van der Waals surface area (Å²) in [6, 6.07) is 3.18. The summed E-state index contributed by atoms with van der Waals surface area (Å²) in [6.45, 7) is 9.78. The van der Waals surface area contributed by atoms with Gasteiger partial charge >= 0.3 is 11.9 Å². The highest BCUT2D eigenvalue weighted by Gasteiger charge is 2.06. The molecule has 0 aromatic rings.